The highest BCUT2D eigenvalue weighted by atomic mass is 15.2. The first-order valence-electron chi connectivity index (χ1n) is 20.3. The van der Waals surface area contributed by atoms with E-state index in [-0.39, 0.29) is 16.7 Å². The minimum Gasteiger partial charge on any atom is -0.313 e. The van der Waals surface area contributed by atoms with E-state index in [1.54, 1.807) is 0 Å². The van der Waals surface area contributed by atoms with Gasteiger partial charge in [0.05, 0.1) is 11.1 Å². The zero-order chi connectivity index (χ0) is 37.6. The summed E-state index contributed by atoms with van der Waals surface area (Å²) < 4.78 is 0. The van der Waals surface area contributed by atoms with Gasteiger partial charge < -0.3 is 4.90 Å². The molecule has 0 heterocycles. The van der Waals surface area contributed by atoms with Crippen LogP contribution in [0.1, 0.15) is 78.1 Å². The van der Waals surface area contributed by atoms with Crippen LogP contribution in [0.5, 0.6) is 0 Å². The monoisotopic (exact) mass is 717 g/mol. The lowest BCUT2D eigenvalue weighted by Crippen LogP contribution is -2.35. The Morgan fingerprint density at radius 2 is 1.00 bits per heavy atom. The fourth-order valence-electron chi connectivity index (χ4n) is 12.1. The third-order valence-corrected chi connectivity index (χ3v) is 14.4. The van der Waals surface area contributed by atoms with Crippen LogP contribution in [0.3, 0.4) is 0 Å². The van der Waals surface area contributed by atoms with E-state index in [1.165, 1.54) is 95.0 Å². The Balaban J connectivity index is 1.16. The van der Waals surface area contributed by atoms with Gasteiger partial charge in [-0.1, -0.05) is 179 Å². The van der Waals surface area contributed by atoms with E-state index in [2.05, 4.69) is 209 Å². The largest absolute Gasteiger partial charge is 0.313 e. The van der Waals surface area contributed by atoms with Crippen molar-refractivity contribution in [3.05, 3.63) is 226 Å². The Morgan fingerprint density at radius 1 is 0.464 bits per heavy atom. The molecule has 0 aliphatic heterocycles. The van der Waals surface area contributed by atoms with E-state index < -0.39 is 5.41 Å². The molecule has 5 aliphatic rings. The third kappa shape index (κ3) is 3.81. The first kappa shape index (κ1) is 32.1. The van der Waals surface area contributed by atoms with E-state index >= 15 is 0 Å². The highest BCUT2D eigenvalue weighted by molar-refractivity contribution is 6.00. The lowest BCUT2D eigenvalue weighted by Gasteiger charge is -2.41. The SMILES string of the molecule is CC1(C)c2ccccc2-c2ccc(N(C3=CC=CC4c5ccccc5C(C)(C)C34)c3cccc4c3-c3ccccc3C43c4ccccc4-c4ccccc43)cc21. The Morgan fingerprint density at radius 3 is 1.70 bits per heavy atom. The van der Waals surface area contributed by atoms with Gasteiger partial charge in [0.15, 0.2) is 0 Å². The lowest BCUT2D eigenvalue weighted by atomic mass is 9.70. The molecule has 0 saturated carbocycles. The Bertz CT molecular complexity index is 2850. The molecular formula is C55H43N. The van der Waals surface area contributed by atoms with Crippen molar-refractivity contribution in [1.29, 1.82) is 0 Å². The molecule has 0 bridgehead atoms. The Kier molecular flexibility index (Phi) is 6.30. The van der Waals surface area contributed by atoms with Crippen molar-refractivity contribution in [2.45, 2.75) is 49.9 Å². The number of hydrogen-bond acceptors (Lipinski definition) is 1. The van der Waals surface area contributed by atoms with Gasteiger partial charge in [-0.25, -0.2) is 0 Å². The number of hydrogen-bond donors (Lipinski definition) is 0. The summed E-state index contributed by atoms with van der Waals surface area (Å²) >= 11 is 0. The summed E-state index contributed by atoms with van der Waals surface area (Å²) in [5, 5.41) is 0. The van der Waals surface area contributed by atoms with E-state index in [4.69, 9.17) is 0 Å². The Hall–Kier alpha value is -6.18. The highest BCUT2D eigenvalue weighted by Crippen LogP contribution is 2.65. The summed E-state index contributed by atoms with van der Waals surface area (Å²) in [6.45, 7) is 9.74. The zero-order valence-electron chi connectivity index (χ0n) is 32.3. The first-order chi connectivity index (χ1) is 27.3. The van der Waals surface area contributed by atoms with Crippen LogP contribution in [-0.4, -0.2) is 0 Å². The van der Waals surface area contributed by atoms with Gasteiger partial charge in [0.25, 0.3) is 0 Å². The quantitative estimate of drug-likeness (QED) is 0.176. The topological polar surface area (TPSA) is 3.24 Å². The molecule has 56 heavy (non-hydrogen) atoms. The minimum atomic E-state index is -0.408. The summed E-state index contributed by atoms with van der Waals surface area (Å²) in [6.07, 6.45) is 7.21. The second-order valence-electron chi connectivity index (χ2n) is 17.6. The first-order valence-corrected chi connectivity index (χ1v) is 20.3. The van der Waals surface area contributed by atoms with Gasteiger partial charge in [-0.05, 0) is 102 Å². The molecule has 2 unspecified atom stereocenters. The van der Waals surface area contributed by atoms with Crippen molar-refractivity contribution in [3.8, 4) is 33.4 Å². The van der Waals surface area contributed by atoms with Crippen molar-refractivity contribution < 1.29 is 0 Å². The van der Waals surface area contributed by atoms with E-state index in [0.29, 0.717) is 5.92 Å². The smallest absolute Gasteiger partial charge is 0.0726 e. The van der Waals surface area contributed by atoms with Crippen molar-refractivity contribution in [2.24, 2.45) is 5.92 Å². The van der Waals surface area contributed by atoms with Crippen LogP contribution >= 0.6 is 0 Å². The minimum absolute atomic E-state index is 0.0806. The van der Waals surface area contributed by atoms with Crippen molar-refractivity contribution in [3.63, 3.8) is 0 Å². The fraction of sp³-hybridized carbons (Fsp3) is 0.164. The summed E-state index contributed by atoms with van der Waals surface area (Å²) in [5.41, 5.74) is 22.4. The average molecular weight is 718 g/mol. The van der Waals surface area contributed by atoms with Crippen LogP contribution in [0, 0.1) is 5.92 Å². The molecule has 0 N–H and O–H groups in total. The third-order valence-electron chi connectivity index (χ3n) is 14.4. The van der Waals surface area contributed by atoms with Gasteiger partial charge in [-0.2, -0.15) is 0 Å². The number of benzene rings is 7. The molecule has 1 spiro atoms. The summed E-state index contributed by atoms with van der Waals surface area (Å²) in [4.78, 5) is 2.68. The number of allylic oxidation sites excluding steroid dienone is 4. The molecular weight excluding hydrogens is 675 g/mol. The van der Waals surface area contributed by atoms with Crippen LogP contribution < -0.4 is 4.90 Å². The molecule has 0 amide bonds. The number of rotatable bonds is 3. The second-order valence-corrected chi connectivity index (χ2v) is 17.6. The molecule has 0 fully saturated rings. The normalized spacial score (nSPS) is 19.9. The molecule has 12 rings (SSSR count). The molecule has 7 aromatic carbocycles. The fourth-order valence-corrected chi connectivity index (χ4v) is 12.1. The second kappa shape index (κ2) is 11.0. The van der Waals surface area contributed by atoms with Crippen LogP contribution in [0.15, 0.2) is 182 Å². The van der Waals surface area contributed by atoms with Crippen LogP contribution in [-0.2, 0) is 16.2 Å². The molecule has 0 saturated heterocycles. The summed E-state index contributed by atoms with van der Waals surface area (Å²) in [6, 6.07) is 60.2. The summed E-state index contributed by atoms with van der Waals surface area (Å²) in [7, 11) is 0. The van der Waals surface area contributed by atoms with Gasteiger partial charge in [-0.3, -0.25) is 0 Å². The van der Waals surface area contributed by atoms with Crippen molar-refractivity contribution in [2.75, 3.05) is 4.90 Å². The van der Waals surface area contributed by atoms with E-state index in [9.17, 15) is 0 Å². The van der Waals surface area contributed by atoms with Gasteiger partial charge >= 0.3 is 0 Å². The van der Waals surface area contributed by atoms with Gasteiger partial charge in [0.1, 0.15) is 0 Å². The standard InChI is InChI=1S/C55H43N/c1-53(2)42-23-10-5-17-35(42)39-32-31-34(33-48(39)53)56(50-30-15-22-40-38-20-6-11-24-43(38)54(3,4)52(40)50)49-29-16-28-47-51(49)41-21-9-14-27-46(41)55(47)44-25-12-7-18-36(44)37-19-8-13-26-45(37)55/h5-33,40,52H,1-4H3. The Labute approximate surface area is 330 Å². The molecule has 1 heteroatoms. The van der Waals surface area contributed by atoms with E-state index in [1.807, 2.05) is 0 Å². The lowest BCUT2D eigenvalue weighted by molar-refractivity contribution is 0.371. The number of nitrogens with zero attached hydrogens (tertiary/aromatic N) is 1. The van der Waals surface area contributed by atoms with Gasteiger partial charge in [0, 0.05) is 34.2 Å². The highest BCUT2D eigenvalue weighted by Gasteiger charge is 2.54. The van der Waals surface area contributed by atoms with Gasteiger partial charge in [-0.15, -0.1) is 0 Å². The molecule has 1 nitrogen and oxygen atoms in total. The van der Waals surface area contributed by atoms with Crippen LogP contribution in [0.2, 0.25) is 0 Å². The van der Waals surface area contributed by atoms with Crippen molar-refractivity contribution >= 4 is 11.4 Å². The van der Waals surface area contributed by atoms with E-state index in [0.717, 1.165) is 0 Å². The molecule has 268 valence electrons. The van der Waals surface area contributed by atoms with Gasteiger partial charge in [0.2, 0.25) is 0 Å². The molecule has 5 aliphatic carbocycles. The number of fused-ring (bicyclic) bond motifs is 16. The summed E-state index contributed by atoms with van der Waals surface area (Å²) in [5.74, 6) is 0.542. The molecule has 7 aromatic rings. The maximum Gasteiger partial charge on any atom is 0.0726 e. The molecule has 0 radical (unpaired) electrons. The van der Waals surface area contributed by atoms with Crippen molar-refractivity contribution in [1.82, 2.24) is 0 Å². The number of anilines is 2. The maximum atomic E-state index is 2.68. The molecule has 2 atom stereocenters. The predicted molar refractivity (Wildman–Crippen MR) is 232 cm³/mol. The zero-order valence-corrected chi connectivity index (χ0v) is 32.3. The predicted octanol–water partition coefficient (Wildman–Crippen LogP) is 13.6. The maximum absolute atomic E-state index is 2.68. The average Bonchev–Trinajstić information content (AvgIpc) is 3.87. The van der Waals surface area contributed by atoms with Crippen LogP contribution in [0.4, 0.5) is 11.4 Å². The molecule has 0 aromatic heterocycles. The van der Waals surface area contributed by atoms with Crippen LogP contribution in [0.25, 0.3) is 33.4 Å².